The Balaban J connectivity index is 3.04. The molecule has 0 saturated heterocycles. The molecular weight excluding hydrogens is 310 g/mol. The highest BCUT2D eigenvalue weighted by atomic mass is 127. The van der Waals surface area contributed by atoms with E-state index in [0.29, 0.717) is 9.26 Å². The molecule has 0 amide bonds. The van der Waals surface area contributed by atoms with E-state index < -0.39 is 6.36 Å². The third-order valence-electron chi connectivity index (χ3n) is 1.51. The predicted molar refractivity (Wildman–Crippen MR) is 53.1 cm³/mol. The zero-order valence-corrected chi connectivity index (χ0v) is 9.60. The Labute approximate surface area is 92.6 Å². The van der Waals surface area contributed by atoms with Gasteiger partial charge in [-0.2, -0.15) is 0 Å². The molecule has 0 aliphatic carbocycles. The highest BCUT2D eigenvalue weighted by Crippen LogP contribution is 2.25. The fourth-order valence-electron chi connectivity index (χ4n) is 0.924. The molecule has 1 aromatic heterocycles. The van der Waals surface area contributed by atoms with Gasteiger partial charge in [0.15, 0.2) is 0 Å². The Hall–Kier alpha value is -0.530. The van der Waals surface area contributed by atoms with Gasteiger partial charge in [0.25, 0.3) is 0 Å². The SMILES string of the molecule is Cc1cc(C)c(OC(F)(F)F)nc1I. The van der Waals surface area contributed by atoms with E-state index in [-0.39, 0.29) is 5.88 Å². The van der Waals surface area contributed by atoms with E-state index >= 15 is 0 Å². The summed E-state index contributed by atoms with van der Waals surface area (Å²) in [5, 5.41) is 0. The summed E-state index contributed by atoms with van der Waals surface area (Å²) >= 11 is 1.86. The van der Waals surface area contributed by atoms with E-state index in [1.54, 1.807) is 13.0 Å². The molecule has 1 rings (SSSR count). The quantitative estimate of drug-likeness (QED) is 0.586. The summed E-state index contributed by atoms with van der Waals surface area (Å²) in [5.41, 5.74) is 1.21. The summed E-state index contributed by atoms with van der Waals surface area (Å²) in [6.07, 6.45) is -4.68. The summed E-state index contributed by atoms with van der Waals surface area (Å²) in [5.74, 6) is -0.382. The van der Waals surface area contributed by atoms with Crippen LogP contribution in [0.2, 0.25) is 0 Å². The lowest BCUT2D eigenvalue weighted by atomic mass is 10.2. The van der Waals surface area contributed by atoms with Gasteiger partial charge in [-0.15, -0.1) is 13.2 Å². The van der Waals surface area contributed by atoms with Crippen LogP contribution in [-0.4, -0.2) is 11.3 Å². The zero-order chi connectivity index (χ0) is 10.9. The van der Waals surface area contributed by atoms with Crippen molar-refractivity contribution in [2.24, 2.45) is 0 Å². The second kappa shape index (κ2) is 3.92. The lowest BCUT2D eigenvalue weighted by Gasteiger charge is -2.11. The second-order valence-corrected chi connectivity index (χ2v) is 3.79. The molecule has 0 atom stereocenters. The molecule has 0 N–H and O–H groups in total. The molecule has 0 aliphatic heterocycles. The van der Waals surface area contributed by atoms with Crippen molar-refractivity contribution in [2.45, 2.75) is 20.2 Å². The van der Waals surface area contributed by atoms with Crippen molar-refractivity contribution in [2.75, 3.05) is 0 Å². The standard InChI is InChI=1S/C8H7F3INO/c1-4-3-5(2)7(13-6(4)12)14-8(9,10)11/h3H,1-2H3. The van der Waals surface area contributed by atoms with Crippen molar-refractivity contribution in [3.63, 3.8) is 0 Å². The Bertz CT molecular complexity index is 351. The third-order valence-corrected chi connectivity index (χ3v) is 2.60. The summed E-state index contributed by atoms with van der Waals surface area (Å²) in [7, 11) is 0. The van der Waals surface area contributed by atoms with Crippen molar-refractivity contribution in [3.8, 4) is 5.88 Å². The first-order valence-corrected chi connectivity index (χ1v) is 4.77. The minimum atomic E-state index is -4.68. The molecule has 0 bridgehead atoms. The molecule has 0 aromatic carbocycles. The minimum Gasteiger partial charge on any atom is -0.388 e. The molecule has 78 valence electrons. The number of alkyl halides is 3. The maximum Gasteiger partial charge on any atom is 0.574 e. The molecule has 1 aromatic rings. The van der Waals surface area contributed by atoms with Gasteiger partial charge in [0.05, 0.1) is 0 Å². The van der Waals surface area contributed by atoms with Gasteiger partial charge in [-0.3, -0.25) is 0 Å². The predicted octanol–water partition coefficient (Wildman–Crippen LogP) is 3.20. The van der Waals surface area contributed by atoms with E-state index in [0.717, 1.165) is 5.56 Å². The molecule has 1 heterocycles. The largest absolute Gasteiger partial charge is 0.574 e. The van der Waals surface area contributed by atoms with Crippen molar-refractivity contribution >= 4 is 22.6 Å². The van der Waals surface area contributed by atoms with Crippen molar-refractivity contribution < 1.29 is 17.9 Å². The molecule has 0 unspecified atom stereocenters. The number of ether oxygens (including phenoxy) is 1. The summed E-state index contributed by atoms with van der Waals surface area (Å²) in [6, 6.07) is 1.61. The number of aryl methyl sites for hydroxylation is 2. The van der Waals surface area contributed by atoms with Crippen molar-refractivity contribution in [1.29, 1.82) is 0 Å². The van der Waals surface area contributed by atoms with E-state index in [1.165, 1.54) is 6.92 Å². The average Bonchev–Trinajstić information content (AvgIpc) is 1.97. The molecule has 2 nitrogen and oxygen atoms in total. The number of halogens is 4. The molecule has 0 radical (unpaired) electrons. The lowest BCUT2D eigenvalue weighted by molar-refractivity contribution is -0.276. The Morgan fingerprint density at radius 3 is 2.36 bits per heavy atom. The van der Waals surface area contributed by atoms with Crippen LogP contribution in [0, 0.1) is 17.5 Å². The van der Waals surface area contributed by atoms with Crippen LogP contribution in [0.15, 0.2) is 6.07 Å². The maximum atomic E-state index is 11.9. The molecule has 6 heteroatoms. The Morgan fingerprint density at radius 1 is 1.29 bits per heavy atom. The third kappa shape index (κ3) is 3.00. The first-order chi connectivity index (χ1) is 6.29. The Morgan fingerprint density at radius 2 is 1.86 bits per heavy atom. The second-order valence-electron chi connectivity index (χ2n) is 2.77. The topological polar surface area (TPSA) is 22.1 Å². The monoisotopic (exact) mass is 317 g/mol. The van der Waals surface area contributed by atoms with Gasteiger partial charge >= 0.3 is 6.36 Å². The van der Waals surface area contributed by atoms with Crippen molar-refractivity contribution in [1.82, 2.24) is 4.98 Å². The number of rotatable bonds is 1. The first-order valence-electron chi connectivity index (χ1n) is 3.69. The van der Waals surface area contributed by atoms with Gasteiger partial charge in [-0.1, -0.05) is 0 Å². The van der Waals surface area contributed by atoms with E-state index in [1.807, 2.05) is 22.6 Å². The maximum absolute atomic E-state index is 11.9. The molecule has 0 saturated carbocycles. The fourth-order valence-corrected chi connectivity index (χ4v) is 1.30. The summed E-state index contributed by atoms with van der Waals surface area (Å²) in [6.45, 7) is 3.30. The van der Waals surface area contributed by atoms with Crippen LogP contribution in [0.25, 0.3) is 0 Å². The van der Waals surface area contributed by atoms with Crippen LogP contribution in [0.1, 0.15) is 11.1 Å². The molecule has 14 heavy (non-hydrogen) atoms. The number of hydrogen-bond donors (Lipinski definition) is 0. The molecular formula is C8H7F3INO. The van der Waals surface area contributed by atoms with Gasteiger partial charge in [0.1, 0.15) is 3.70 Å². The summed E-state index contributed by atoms with van der Waals surface area (Å²) < 4.78 is 39.9. The average molecular weight is 317 g/mol. The van der Waals surface area contributed by atoms with E-state index in [2.05, 4.69) is 9.72 Å². The van der Waals surface area contributed by atoms with Gasteiger partial charge in [-0.05, 0) is 48.1 Å². The number of aromatic nitrogens is 1. The number of hydrogen-bond acceptors (Lipinski definition) is 2. The van der Waals surface area contributed by atoms with Gasteiger partial charge in [0, 0.05) is 5.56 Å². The lowest BCUT2D eigenvalue weighted by Crippen LogP contribution is -2.19. The summed E-state index contributed by atoms with van der Waals surface area (Å²) in [4.78, 5) is 3.70. The van der Waals surface area contributed by atoms with Gasteiger partial charge in [0.2, 0.25) is 5.88 Å². The van der Waals surface area contributed by atoms with Gasteiger partial charge < -0.3 is 4.74 Å². The number of nitrogens with zero attached hydrogens (tertiary/aromatic N) is 1. The van der Waals surface area contributed by atoms with Crippen LogP contribution < -0.4 is 4.74 Å². The van der Waals surface area contributed by atoms with Crippen molar-refractivity contribution in [3.05, 3.63) is 20.9 Å². The smallest absolute Gasteiger partial charge is 0.388 e. The minimum absolute atomic E-state index is 0.375. The highest BCUT2D eigenvalue weighted by Gasteiger charge is 2.32. The molecule has 0 aliphatic rings. The van der Waals surface area contributed by atoms with Crippen LogP contribution in [0.5, 0.6) is 5.88 Å². The van der Waals surface area contributed by atoms with E-state index in [9.17, 15) is 13.2 Å². The number of pyridine rings is 1. The van der Waals surface area contributed by atoms with Crippen LogP contribution in [0.4, 0.5) is 13.2 Å². The van der Waals surface area contributed by atoms with Gasteiger partial charge in [-0.25, -0.2) is 4.98 Å². The molecule has 0 spiro atoms. The zero-order valence-electron chi connectivity index (χ0n) is 7.44. The van der Waals surface area contributed by atoms with Crippen LogP contribution in [-0.2, 0) is 0 Å². The first kappa shape index (κ1) is 11.5. The van der Waals surface area contributed by atoms with E-state index in [4.69, 9.17) is 0 Å². The highest BCUT2D eigenvalue weighted by molar-refractivity contribution is 14.1. The normalized spacial score (nSPS) is 11.6. The van der Waals surface area contributed by atoms with Crippen LogP contribution in [0.3, 0.4) is 0 Å². The van der Waals surface area contributed by atoms with Crippen LogP contribution >= 0.6 is 22.6 Å². The fraction of sp³-hybridized carbons (Fsp3) is 0.375. The molecule has 0 fully saturated rings. The Kier molecular flexibility index (Phi) is 3.23.